The first-order valence-corrected chi connectivity index (χ1v) is 9.33. The molecule has 1 fully saturated rings. The number of carbonyl (C=O) groups is 1. The van der Waals surface area contributed by atoms with E-state index in [0.717, 1.165) is 37.4 Å². The van der Waals surface area contributed by atoms with E-state index < -0.39 is 0 Å². The Morgan fingerprint density at radius 1 is 1.19 bits per heavy atom. The highest BCUT2D eigenvalue weighted by molar-refractivity contribution is 5.92. The summed E-state index contributed by atoms with van der Waals surface area (Å²) in [6, 6.07) is 9.63. The Kier molecular flexibility index (Phi) is 4.96. The fourth-order valence-corrected chi connectivity index (χ4v) is 3.70. The molecule has 4 rings (SSSR count). The molecule has 1 aliphatic heterocycles. The van der Waals surface area contributed by atoms with E-state index in [0.29, 0.717) is 12.2 Å². The van der Waals surface area contributed by atoms with Gasteiger partial charge in [0, 0.05) is 56.0 Å². The van der Waals surface area contributed by atoms with Gasteiger partial charge in [0.05, 0.1) is 0 Å². The molecular formula is C21H23N5O. The number of likely N-dealkylation sites (tertiary alicyclic amines) is 1. The van der Waals surface area contributed by atoms with E-state index in [1.807, 2.05) is 60.9 Å². The van der Waals surface area contributed by atoms with Crippen molar-refractivity contribution >= 4 is 5.91 Å². The van der Waals surface area contributed by atoms with E-state index in [9.17, 15) is 4.79 Å². The molecule has 0 unspecified atom stereocenters. The first kappa shape index (κ1) is 17.4. The molecule has 6 heteroatoms. The lowest BCUT2D eigenvalue weighted by Crippen LogP contribution is -2.40. The quantitative estimate of drug-likeness (QED) is 0.716. The number of aromatic nitrogens is 4. The van der Waals surface area contributed by atoms with Crippen LogP contribution in [0.3, 0.4) is 0 Å². The average molecular weight is 361 g/mol. The number of imidazole rings is 1. The highest BCUT2D eigenvalue weighted by Crippen LogP contribution is 2.27. The van der Waals surface area contributed by atoms with E-state index >= 15 is 0 Å². The molecule has 0 spiro atoms. The minimum Gasteiger partial charge on any atom is -0.337 e. The van der Waals surface area contributed by atoms with E-state index in [-0.39, 0.29) is 11.8 Å². The van der Waals surface area contributed by atoms with E-state index in [1.165, 1.54) is 5.56 Å². The number of hydrogen-bond acceptors (Lipinski definition) is 4. The molecule has 0 radical (unpaired) electrons. The number of carbonyl (C=O) groups excluding carboxylic acids is 1. The summed E-state index contributed by atoms with van der Waals surface area (Å²) in [5, 5.41) is 0. The van der Waals surface area contributed by atoms with Crippen molar-refractivity contribution < 1.29 is 4.79 Å². The van der Waals surface area contributed by atoms with E-state index in [4.69, 9.17) is 0 Å². The monoisotopic (exact) mass is 361 g/mol. The van der Waals surface area contributed by atoms with Gasteiger partial charge in [0.25, 0.3) is 5.91 Å². The van der Waals surface area contributed by atoms with Crippen LogP contribution in [0.25, 0.3) is 0 Å². The van der Waals surface area contributed by atoms with Crippen molar-refractivity contribution in [2.45, 2.75) is 32.2 Å². The molecule has 138 valence electrons. The SMILES string of the molecule is Cc1cccc(C(=O)N2CCC[C@H](c3nccn3Cc3ccncc3)C2)n1. The van der Waals surface area contributed by atoms with Crippen LogP contribution < -0.4 is 0 Å². The molecule has 1 saturated heterocycles. The van der Waals surface area contributed by atoms with Gasteiger partial charge in [0.2, 0.25) is 0 Å². The van der Waals surface area contributed by atoms with Crippen molar-refractivity contribution in [1.29, 1.82) is 0 Å². The van der Waals surface area contributed by atoms with Crippen molar-refractivity contribution in [3.8, 4) is 0 Å². The maximum Gasteiger partial charge on any atom is 0.272 e. The van der Waals surface area contributed by atoms with Gasteiger partial charge in [-0.05, 0) is 49.6 Å². The minimum absolute atomic E-state index is 0.00985. The molecule has 1 amide bonds. The van der Waals surface area contributed by atoms with Crippen LogP contribution in [-0.4, -0.2) is 43.4 Å². The summed E-state index contributed by atoms with van der Waals surface area (Å²) >= 11 is 0. The van der Waals surface area contributed by atoms with Crippen molar-refractivity contribution in [2.24, 2.45) is 0 Å². The molecule has 3 aromatic heterocycles. The average Bonchev–Trinajstić information content (AvgIpc) is 3.16. The Bertz CT molecular complexity index is 921. The molecule has 0 bridgehead atoms. The van der Waals surface area contributed by atoms with Crippen molar-refractivity contribution in [3.05, 3.63) is 77.9 Å². The highest BCUT2D eigenvalue weighted by Gasteiger charge is 2.28. The van der Waals surface area contributed by atoms with E-state index in [2.05, 4.69) is 19.5 Å². The Hall–Kier alpha value is -3.02. The number of rotatable bonds is 4. The summed E-state index contributed by atoms with van der Waals surface area (Å²) in [4.78, 5) is 27.9. The molecule has 1 aliphatic rings. The van der Waals surface area contributed by atoms with E-state index in [1.54, 1.807) is 6.07 Å². The molecule has 6 nitrogen and oxygen atoms in total. The lowest BCUT2D eigenvalue weighted by atomic mass is 9.96. The summed E-state index contributed by atoms with van der Waals surface area (Å²) in [6.07, 6.45) is 9.49. The molecule has 0 saturated carbocycles. The first-order valence-electron chi connectivity index (χ1n) is 9.33. The molecule has 0 aliphatic carbocycles. The Morgan fingerprint density at radius 3 is 2.85 bits per heavy atom. The standard InChI is InChI=1S/C21H23N5O/c1-16-4-2-6-19(24-16)21(27)26-12-3-5-18(15-26)20-23-11-13-25(20)14-17-7-9-22-10-8-17/h2,4,6-11,13,18H,3,5,12,14-15H2,1H3/t18-/m0/s1. The van der Waals surface area contributed by atoms with Crippen LogP contribution in [0.4, 0.5) is 0 Å². The zero-order chi connectivity index (χ0) is 18.6. The third-order valence-corrected chi connectivity index (χ3v) is 5.03. The van der Waals surface area contributed by atoms with Crippen LogP contribution in [0.5, 0.6) is 0 Å². The molecule has 4 heterocycles. The lowest BCUT2D eigenvalue weighted by Gasteiger charge is -2.32. The fraction of sp³-hybridized carbons (Fsp3) is 0.333. The van der Waals surface area contributed by atoms with Gasteiger partial charge in [-0.1, -0.05) is 6.07 Å². The van der Waals surface area contributed by atoms with Crippen LogP contribution in [0.2, 0.25) is 0 Å². The van der Waals surface area contributed by atoms with Crippen LogP contribution in [-0.2, 0) is 6.54 Å². The van der Waals surface area contributed by atoms with Crippen LogP contribution in [0, 0.1) is 6.92 Å². The summed E-state index contributed by atoms with van der Waals surface area (Å²) in [5.74, 6) is 1.29. The summed E-state index contributed by atoms with van der Waals surface area (Å²) in [6.45, 7) is 4.13. The largest absolute Gasteiger partial charge is 0.337 e. The molecular weight excluding hydrogens is 338 g/mol. The van der Waals surface area contributed by atoms with Gasteiger partial charge in [0.15, 0.2) is 0 Å². The smallest absolute Gasteiger partial charge is 0.272 e. The minimum atomic E-state index is 0.00985. The number of piperidine rings is 1. The summed E-state index contributed by atoms with van der Waals surface area (Å²) in [7, 11) is 0. The summed E-state index contributed by atoms with van der Waals surface area (Å²) < 4.78 is 2.18. The van der Waals surface area contributed by atoms with Crippen LogP contribution >= 0.6 is 0 Å². The third kappa shape index (κ3) is 3.89. The van der Waals surface area contributed by atoms with Gasteiger partial charge in [0.1, 0.15) is 11.5 Å². The van der Waals surface area contributed by atoms with Crippen LogP contribution in [0.1, 0.15) is 46.3 Å². The topological polar surface area (TPSA) is 63.9 Å². The lowest BCUT2D eigenvalue weighted by molar-refractivity contribution is 0.0697. The van der Waals surface area contributed by atoms with Gasteiger partial charge in [-0.25, -0.2) is 9.97 Å². The fourth-order valence-electron chi connectivity index (χ4n) is 3.70. The van der Waals surface area contributed by atoms with Crippen molar-refractivity contribution in [2.75, 3.05) is 13.1 Å². The molecule has 1 atom stereocenters. The van der Waals surface area contributed by atoms with Gasteiger partial charge < -0.3 is 9.47 Å². The van der Waals surface area contributed by atoms with Gasteiger partial charge in [-0.3, -0.25) is 9.78 Å². The number of amides is 1. The molecule has 0 N–H and O–H groups in total. The second-order valence-corrected chi connectivity index (χ2v) is 7.02. The number of aryl methyl sites for hydroxylation is 1. The van der Waals surface area contributed by atoms with Gasteiger partial charge in [-0.15, -0.1) is 0 Å². The predicted molar refractivity (Wildman–Crippen MR) is 102 cm³/mol. The van der Waals surface area contributed by atoms with Crippen molar-refractivity contribution in [3.63, 3.8) is 0 Å². The second kappa shape index (κ2) is 7.70. The second-order valence-electron chi connectivity index (χ2n) is 7.02. The maximum absolute atomic E-state index is 12.9. The highest BCUT2D eigenvalue weighted by atomic mass is 16.2. The third-order valence-electron chi connectivity index (χ3n) is 5.03. The zero-order valence-corrected chi connectivity index (χ0v) is 15.5. The van der Waals surface area contributed by atoms with Gasteiger partial charge >= 0.3 is 0 Å². The number of hydrogen-bond donors (Lipinski definition) is 0. The predicted octanol–water partition coefficient (Wildman–Crippen LogP) is 3.05. The van der Waals surface area contributed by atoms with Crippen LogP contribution in [0.15, 0.2) is 55.1 Å². The summed E-state index contributed by atoms with van der Waals surface area (Å²) in [5.41, 5.74) is 2.58. The van der Waals surface area contributed by atoms with Crippen molar-refractivity contribution in [1.82, 2.24) is 24.4 Å². The normalized spacial score (nSPS) is 17.1. The molecule has 0 aromatic carbocycles. The van der Waals surface area contributed by atoms with Gasteiger partial charge in [-0.2, -0.15) is 0 Å². The number of nitrogens with zero attached hydrogens (tertiary/aromatic N) is 5. The Balaban J connectivity index is 1.51. The number of pyridine rings is 2. The first-order chi connectivity index (χ1) is 13.2. The Labute approximate surface area is 158 Å². The maximum atomic E-state index is 12.9. The zero-order valence-electron chi connectivity index (χ0n) is 15.5. The molecule has 27 heavy (non-hydrogen) atoms. The molecule has 3 aromatic rings. The Morgan fingerprint density at radius 2 is 2.04 bits per heavy atom.